The SMILES string of the molecule is CCNC1CCC(O)(Cc2cc(Cl)cc3c2OCC3)CC1. The van der Waals surface area contributed by atoms with Gasteiger partial charge in [-0.25, -0.2) is 0 Å². The summed E-state index contributed by atoms with van der Waals surface area (Å²) in [4.78, 5) is 0. The van der Waals surface area contributed by atoms with Crippen LogP contribution in [0.15, 0.2) is 12.1 Å². The number of aliphatic hydroxyl groups is 1. The summed E-state index contributed by atoms with van der Waals surface area (Å²) >= 11 is 6.21. The van der Waals surface area contributed by atoms with E-state index in [1.807, 2.05) is 12.1 Å². The number of ether oxygens (including phenoxy) is 1. The van der Waals surface area contributed by atoms with Crippen molar-refractivity contribution in [3.63, 3.8) is 0 Å². The lowest BCUT2D eigenvalue weighted by atomic mass is 9.78. The van der Waals surface area contributed by atoms with Gasteiger partial charge in [-0.05, 0) is 55.5 Å². The number of fused-ring (bicyclic) bond motifs is 1. The van der Waals surface area contributed by atoms with Crippen LogP contribution in [0.2, 0.25) is 5.02 Å². The summed E-state index contributed by atoms with van der Waals surface area (Å²) in [5, 5.41) is 15.1. The fraction of sp³-hybridized carbons (Fsp3) is 0.647. The van der Waals surface area contributed by atoms with Crippen molar-refractivity contribution in [3.8, 4) is 5.75 Å². The van der Waals surface area contributed by atoms with Crippen molar-refractivity contribution in [2.75, 3.05) is 13.2 Å². The smallest absolute Gasteiger partial charge is 0.126 e. The molecule has 1 heterocycles. The van der Waals surface area contributed by atoms with Gasteiger partial charge in [0.15, 0.2) is 0 Å². The zero-order valence-electron chi connectivity index (χ0n) is 12.6. The van der Waals surface area contributed by atoms with E-state index in [-0.39, 0.29) is 0 Å². The largest absolute Gasteiger partial charge is 0.493 e. The van der Waals surface area contributed by atoms with Crippen LogP contribution in [0.25, 0.3) is 0 Å². The molecule has 3 nitrogen and oxygen atoms in total. The van der Waals surface area contributed by atoms with Gasteiger partial charge >= 0.3 is 0 Å². The van der Waals surface area contributed by atoms with Crippen molar-refractivity contribution in [1.82, 2.24) is 5.32 Å². The minimum atomic E-state index is -0.615. The number of nitrogens with one attached hydrogen (secondary N) is 1. The number of benzene rings is 1. The maximum Gasteiger partial charge on any atom is 0.126 e. The molecule has 116 valence electrons. The van der Waals surface area contributed by atoms with Crippen LogP contribution in [-0.2, 0) is 12.8 Å². The molecule has 1 aromatic carbocycles. The Kier molecular flexibility index (Phi) is 4.43. The lowest BCUT2D eigenvalue weighted by molar-refractivity contribution is -0.00336. The standard InChI is InChI=1S/C17H24ClNO2/c1-2-19-15-3-6-17(20,7-4-15)11-13-10-14(18)9-12-5-8-21-16(12)13/h9-10,15,19-20H,2-8,11H2,1H3. The van der Waals surface area contributed by atoms with Gasteiger partial charge < -0.3 is 15.2 Å². The van der Waals surface area contributed by atoms with Gasteiger partial charge in [0.05, 0.1) is 12.2 Å². The molecule has 1 aliphatic carbocycles. The van der Waals surface area contributed by atoms with Crippen LogP contribution < -0.4 is 10.1 Å². The fourth-order valence-corrected chi connectivity index (χ4v) is 3.92. The quantitative estimate of drug-likeness (QED) is 0.898. The van der Waals surface area contributed by atoms with E-state index in [1.165, 1.54) is 5.56 Å². The van der Waals surface area contributed by atoms with Gasteiger partial charge in [-0.3, -0.25) is 0 Å². The number of hydrogen-bond acceptors (Lipinski definition) is 3. The van der Waals surface area contributed by atoms with E-state index >= 15 is 0 Å². The lowest BCUT2D eigenvalue weighted by Crippen LogP contribution is -2.42. The summed E-state index contributed by atoms with van der Waals surface area (Å²) in [5.41, 5.74) is 1.64. The van der Waals surface area contributed by atoms with E-state index in [9.17, 15) is 5.11 Å². The molecule has 0 bridgehead atoms. The predicted octanol–water partition coefficient (Wildman–Crippen LogP) is 3.10. The van der Waals surface area contributed by atoms with Gasteiger partial charge in [-0.15, -0.1) is 0 Å². The third-order valence-electron chi connectivity index (χ3n) is 4.75. The van der Waals surface area contributed by atoms with Crippen LogP contribution in [0, 0.1) is 0 Å². The third-order valence-corrected chi connectivity index (χ3v) is 4.97. The highest BCUT2D eigenvalue weighted by Gasteiger charge is 2.34. The Bertz CT molecular complexity index is 510. The lowest BCUT2D eigenvalue weighted by Gasteiger charge is -2.36. The summed E-state index contributed by atoms with van der Waals surface area (Å²) in [7, 11) is 0. The monoisotopic (exact) mass is 309 g/mol. The molecule has 0 saturated heterocycles. The molecule has 2 N–H and O–H groups in total. The Morgan fingerprint density at radius 1 is 1.38 bits per heavy atom. The molecule has 21 heavy (non-hydrogen) atoms. The predicted molar refractivity (Wildman–Crippen MR) is 85.2 cm³/mol. The second kappa shape index (κ2) is 6.15. The maximum atomic E-state index is 10.9. The first-order valence-corrected chi connectivity index (χ1v) is 8.37. The highest BCUT2D eigenvalue weighted by molar-refractivity contribution is 6.30. The normalized spacial score (nSPS) is 28.2. The minimum Gasteiger partial charge on any atom is -0.493 e. The van der Waals surface area contributed by atoms with Crippen molar-refractivity contribution in [2.24, 2.45) is 0 Å². The highest BCUT2D eigenvalue weighted by atomic mass is 35.5. The summed E-state index contributed by atoms with van der Waals surface area (Å²) in [6, 6.07) is 4.50. The Labute approximate surface area is 131 Å². The molecule has 1 aromatic rings. The molecule has 0 radical (unpaired) electrons. The van der Waals surface area contributed by atoms with Crippen molar-refractivity contribution in [1.29, 1.82) is 0 Å². The first kappa shape index (κ1) is 15.1. The zero-order chi connectivity index (χ0) is 14.9. The number of hydrogen-bond donors (Lipinski definition) is 2. The molecule has 2 aliphatic rings. The van der Waals surface area contributed by atoms with Crippen molar-refractivity contribution < 1.29 is 9.84 Å². The fourth-order valence-electron chi connectivity index (χ4n) is 3.66. The molecule has 0 unspecified atom stereocenters. The summed E-state index contributed by atoms with van der Waals surface area (Å²) < 4.78 is 5.75. The van der Waals surface area contributed by atoms with E-state index in [4.69, 9.17) is 16.3 Å². The summed E-state index contributed by atoms with van der Waals surface area (Å²) in [6.07, 6.45) is 5.32. The second-order valence-corrected chi connectivity index (χ2v) is 6.82. The summed E-state index contributed by atoms with van der Waals surface area (Å²) in [6.45, 7) is 3.86. The molecule has 0 aromatic heterocycles. The second-order valence-electron chi connectivity index (χ2n) is 6.38. The van der Waals surface area contributed by atoms with Gasteiger partial charge in [-0.2, -0.15) is 0 Å². The van der Waals surface area contributed by atoms with E-state index in [1.54, 1.807) is 0 Å². The van der Waals surface area contributed by atoms with E-state index in [0.717, 1.165) is 61.6 Å². The maximum absolute atomic E-state index is 10.9. The van der Waals surface area contributed by atoms with E-state index in [2.05, 4.69) is 12.2 Å². The van der Waals surface area contributed by atoms with Crippen LogP contribution >= 0.6 is 11.6 Å². The van der Waals surface area contributed by atoms with Gasteiger partial charge in [0, 0.05) is 23.9 Å². The van der Waals surface area contributed by atoms with Crippen molar-refractivity contribution in [3.05, 3.63) is 28.3 Å². The van der Waals surface area contributed by atoms with Crippen LogP contribution in [0.4, 0.5) is 0 Å². The van der Waals surface area contributed by atoms with Gasteiger partial charge in [0.2, 0.25) is 0 Å². The molecule has 3 rings (SSSR count). The molecule has 1 fully saturated rings. The first-order chi connectivity index (χ1) is 10.1. The minimum absolute atomic E-state index is 0.552. The Hall–Kier alpha value is -0.770. The van der Waals surface area contributed by atoms with Gasteiger partial charge in [-0.1, -0.05) is 18.5 Å². The Morgan fingerprint density at radius 3 is 2.86 bits per heavy atom. The molecule has 0 amide bonds. The first-order valence-electron chi connectivity index (χ1n) is 7.99. The Morgan fingerprint density at radius 2 is 2.14 bits per heavy atom. The van der Waals surface area contributed by atoms with Crippen molar-refractivity contribution in [2.45, 2.75) is 57.1 Å². The van der Waals surface area contributed by atoms with Gasteiger partial charge in [0.1, 0.15) is 5.75 Å². The average Bonchev–Trinajstić information content (AvgIpc) is 2.90. The van der Waals surface area contributed by atoms with Gasteiger partial charge in [0.25, 0.3) is 0 Å². The van der Waals surface area contributed by atoms with Crippen LogP contribution in [-0.4, -0.2) is 29.9 Å². The van der Waals surface area contributed by atoms with Crippen LogP contribution in [0.1, 0.15) is 43.7 Å². The van der Waals surface area contributed by atoms with Crippen molar-refractivity contribution >= 4 is 11.6 Å². The number of rotatable bonds is 4. The van der Waals surface area contributed by atoms with E-state index in [0.29, 0.717) is 12.5 Å². The zero-order valence-corrected chi connectivity index (χ0v) is 13.4. The summed E-state index contributed by atoms with van der Waals surface area (Å²) in [5.74, 6) is 0.960. The Balaban J connectivity index is 1.72. The highest BCUT2D eigenvalue weighted by Crippen LogP contribution is 2.38. The average molecular weight is 310 g/mol. The number of halogens is 1. The molecule has 1 aliphatic heterocycles. The van der Waals surface area contributed by atoms with Crippen LogP contribution in [0.3, 0.4) is 0 Å². The molecular formula is C17H24ClNO2. The van der Waals surface area contributed by atoms with Crippen LogP contribution in [0.5, 0.6) is 5.75 Å². The third kappa shape index (κ3) is 3.36. The molecule has 0 spiro atoms. The molecule has 1 saturated carbocycles. The molecular weight excluding hydrogens is 286 g/mol. The topological polar surface area (TPSA) is 41.5 Å². The van der Waals surface area contributed by atoms with E-state index < -0.39 is 5.60 Å². The molecule has 4 heteroatoms. The molecule has 0 atom stereocenters.